The van der Waals surface area contributed by atoms with Gasteiger partial charge in [-0.1, -0.05) is 13.8 Å². The zero-order valence-corrected chi connectivity index (χ0v) is 9.95. The van der Waals surface area contributed by atoms with Gasteiger partial charge >= 0.3 is 0 Å². The van der Waals surface area contributed by atoms with Crippen LogP contribution < -0.4 is 5.73 Å². The highest BCUT2D eigenvalue weighted by molar-refractivity contribution is 4.92. The Bertz CT molecular complexity index is 268. The quantitative estimate of drug-likeness (QED) is 0.749. The Morgan fingerprint density at radius 3 is 2.93 bits per heavy atom. The zero-order chi connectivity index (χ0) is 11.1. The van der Waals surface area contributed by atoms with Crippen molar-refractivity contribution in [1.29, 1.82) is 0 Å². The highest BCUT2D eigenvalue weighted by Gasteiger charge is 2.02. The van der Waals surface area contributed by atoms with Crippen molar-refractivity contribution in [3.8, 4) is 0 Å². The lowest BCUT2D eigenvalue weighted by atomic mass is 10.1. The Labute approximate surface area is 92.7 Å². The van der Waals surface area contributed by atoms with Gasteiger partial charge < -0.3 is 10.3 Å². The largest absolute Gasteiger partial charge is 0.335 e. The minimum Gasteiger partial charge on any atom is -0.335 e. The number of nitrogens with zero attached hydrogens (tertiary/aromatic N) is 2. The first-order chi connectivity index (χ1) is 7.27. The minimum atomic E-state index is 0.364. The summed E-state index contributed by atoms with van der Waals surface area (Å²) in [5.41, 5.74) is 5.88. The fourth-order valence-corrected chi connectivity index (χ4v) is 1.72. The van der Waals surface area contributed by atoms with Crippen molar-refractivity contribution < 1.29 is 0 Å². The van der Waals surface area contributed by atoms with E-state index in [1.165, 1.54) is 5.82 Å². The van der Waals surface area contributed by atoms with Crippen LogP contribution in [0.15, 0.2) is 12.4 Å². The average molecular weight is 209 g/mol. The molecule has 3 heteroatoms. The second-order valence-corrected chi connectivity index (χ2v) is 4.10. The summed E-state index contributed by atoms with van der Waals surface area (Å²) in [6, 6.07) is 0.364. The van der Waals surface area contributed by atoms with Gasteiger partial charge in [-0.25, -0.2) is 4.98 Å². The molecule has 15 heavy (non-hydrogen) atoms. The molecule has 0 aliphatic heterocycles. The molecule has 1 unspecified atom stereocenters. The SMILES string of the molecule is CCCc1nccn1CCCC(N)CC. The van der Waals surface area contributed by atoms with E-state index in [0.717, 1.165) is 38.6 Å². The van der Waals surface area contributed by atoms with Crippen molar-refractivity contribution >= 4 is 0 Å². The molecule has 0 saturated heterocycles. The van der Waals surface area contributed by atoms with Crippen LogP contribution in [0, 0.1) is 0 Å². The Morgan fingerprint density at radius 2 is 2.27 bits per heavy atom. The third-order valence-corrected chi connectivity index (χ3v) is 2.77. The molecule has 0 radical (unpaired) electrons. The summed E-state index contributed by atoms with van der Waals surface area (Å²) in [6.07, 6.45) is 9.54. The Balaban J connectivity index is 2.33. The van der Waals surface area contributed by atoms with Crippen LogP contribution in [0.3, 0.4) is 0 Å². The summed E-state index contributed by atoms with van der Waals surface area (Å²) in [5, 5.41) is 0. The molecular weight excluding hydrogens is 186 g/mol. The van der Waals surface area contributed by atoms with E-state index in [9.17, 15) is 0 Å². The number of aromatic nitrogens is 2. The van der Waals surface area contributed by atoms with Crippen molar-refractivity contribution in [3.63, 3.8) is 0 Å². The lowest BCUT2D eigenvalue weighted by molar-refractivity contribution is 0.515. The van der Waals surface area contributed by atoms with E-state index in [2.05, 4.69) is 29.6 Å². The summed E-state index contributed by atoms with van der Waals surface area (Å²) in [6.45, 7) is 5.39. The third kappa shape index (κ3) is 4.04. The summed E-state index contributed by atoms with van der Waals surface area (Å²) in [5.74, 6) is 1.21. The van der Waals surface area contributed by atoms with Gasteiger partial charge in [0.15, 0.2) is 0 Å². The van der Waals surface area contributed by atoms with Gasteiger partial charge in [0.1, 0.15) is 5.82 Å². The lowest BCUT2D eigenvalue weighted by Crippen LogP contribution is -2.19. The van der Waals surface area contributed by atoms with Gasteiger partial charge in [-0.3, -0.25) is 0 Å². The summed E-state index contributed by atoms with van der Waals surface area (Å²) < 4.78 is 2.26. The second kappa shape index (κ2) is 6.62. The van der Waals surface area contributed by atoms with E-state index in [4.69, 9.17) is 5.73 Å². The molecule has 0 spiro atoms. The third-order valence-electron chi connectivity index (χ3n) is 2.77. The van der Waals surface area contributed by atoms with Crippen LogP contribution in [0.2, 0.25) is 0 Å². The minimum absolute atomic E-state index is 0.364. The van der Waals surface area contributed by atoms with E-state index in [-0.39, 0.29) is 0 Å². The standard InChI is InChI=1S/C12H23N3/c1-3-6-12-14-8-10-15(12)9-5-7-11(13)4-2/h8,10-11H,3-7,9,13H2,1-2H3. The summed E-state index contributed by atoms with van der Waals surface area (Å²) in [4.78, 5) is 4.36. The number of hydrogen-bond donors (Lipinski definition) is 1. The van der Waals surface area contributed by atoms with Crippen LogP contribution in [0.1, 0.15) is 45.4 Å². The first-order valence-corrected chi connectivity index (χ1v) is 6.03. The maximum atomic E-state index is 5.88. The fraction of sp³-hybridized carbons (Fsp3) is 0.750. The predicted molar refractivity (Wildman–Crippen MR) is 63.7 cm³/mol. The van der Waals surface area contributed by atoms with Crippen LogP contribution in [0.25, 0.3) is 0 Å². The van der Waals surface area contributed by atoms with E-state index in [1.807, 2.05) is 6.20 Å². The Hall–Kier alpha value is -0.830. The first kappa shape index (κ1) is 12.2. The van der Waals surface area contributed by atoms with Crippen molar-refractivity contribution in [2.24, 2.45) is 5.73 Å². The molecule has 1 rings (SSSR count). The Kier molecular flexibility index (Phi) is 5.40. The number of nitrogens with two attached hydrogens (primary N) is 1. The number of imidazole rings is 1. The van der Waals surface area contributed by atoms with Gasteiger partial charge in [0, 0.05) is 31.4 Å². The van der Waals surface area contributed by atoms with Crippen molar-refractivity contribution in [2.75, 3.05) is 0 Å². The normalized spacial score (nSPS) is 13.0. The predicted octanol–water partition coefficient (Wildman–Crippen LogP) is 2.35. The van der Waals surface area contributed by atoms with Gasteiger partial charge in [0.25, 0.3) is 0 Å². The monoisotopic (exact) mass is 209 g/mol. The van der Waals surface area contributed by atoms with Gasteiger partial charge in [0.05, 0.1) is 0 Å². The molecule has 0 bridgehead atoms. The molecular formula is C12H23N3. The van der Waals surface area contributed by atoms with Crippen molar-refractivity contribution in [2.45, 2.75) is 58.5 Å². The molecule has 2 N–H and O–H groups in total. The number of rotatable bonds is 7. The molecule has 3 nitrogen and oxygen atoms in total. The molecule has 0 fully saturated rings. The van der Waals surface area contributed by atoms with Crippen LogP contribution in [0.4, 0.5) is 0 Å². The number of aryl methyl sites for hydroxylation is 2. The maximum absolute atomic E-state index is 5.88. The molecule has 0 aromatic carbocycles. The second-order valence-electron chi connectivity index (χ2n) is 4.10. The zero-order valence-electron chi connectivity index (χ0n) is 9.95. The van der Waals surface area contributed by atoms with Crippen LogP contribution in [0.5, 0.6) is 0 Å². The molecule has 0 aliphatic carbocycles. The Morgan fingerprint density at radius 1 is 1.47 bits per heavy atom. The molecule has 1 heterocycles. The molecule has 0 saturated carbocycles. The molecule has 1 aromatic heterocycles. The van der Waals surface area contributed by atoms with Crippen molar-refractivity contribution in [3.05, 3.63) is 18.2 Å². The van der Waals surface area contributed by atoms with E-state index >= 15 is 0 Å². The maximum Gasteiger partial charge on any atom is 0.108 e. The summed E-state index contributed by atoms with van der Waals surface area (Å²) in [7, 11) is 0. The number of hydrogen-bond acceptors (Lipinski definition) is 2. The highest BCUT2D eigenvalue weighted by atomic mass is 15.1. The van der Waals surface area contributed by atoms with E-state index in [0.29, 0.717) is 6.04 Å². The van der Waals surface area contributed by atoms with Crippen LogP contribution >= 0.6 is 0 Å². The van der Waals surface area contributed by atoms with Gasteiger partial charge in [-0.2, -0.15) is 0 Å². The topological polar surface area (TPSA) is 43.8 Å². The van der Waals surface area contributed by atoms with Crippen LogP contribution in [-0.4, -0.2) is 15.6 Å². The fourth-order valence-electron chi connectivity index (χ4n) is 1.72. The molecule has 1 aromatic rings. The van der Waals surface area contributed by atoms with E-state index < -0.39 is 0 Å². The lowest BCUT2D eigenvalue weighted by Gasteiger charge is -2.10. The molecule has 1 atom stereocenters. The van der Waals surface area contributed by atoms with Gasteiger partial charge in [-0.15, -0.1) is 0 Å². The van der Waals surface area contributed by atoms with E-state index in [1.54, 1.807) is 0 Å². The van der Waals surface area contributed by atoms with Gasteiger partial charge in [-0.05, 0) is 25.7 Å². The molecule has 0 amide bonds. The van der Waals surface area contributed by atoms with Crippen LogP contribution in [-0.2, 0) is 13.0 Å². The average Bonchev–Trinajstić information content (AvgIpc) is 2.66. The summed E-state index contributed by atoms with van der Waals surface area (Å²) >= 11 is 0. The molecule has 86 valence electrons. The smallest absolute Gasteiger partial charge is 0.108 e. The van der Waals surface area contributed by atoms with Gasteiger partial charge in [0.2, 0.25) is 0 Å². The van der Waals surface area contributed by atoms with Crippen molar-refractivity contribution in [1.82, 2.24) is 9.55 Å². The highest BCUT2D eigenvalue weighted by Crippen LogP contribution is 2.05. The first-order valence-electron chi connectivity index (χ1n) is 6.03. The molecule has 0 aliphatic rings.